The largest absolute Gasteiger partial charge is 0.374 e. The lowest BCUT2D eigenvalue weighted by atomic mass is 10.2. The minimum Gasteiger partial charge on any atom is -0.374 e. The van der Waals surface area contributed by atoms with Gasteiger partial charge in [0.1, 0.15) is 0 Å². The summed E-state index contributed by atoms with van der Waals surface area (Å²) < 4.78 is 30.0. The molecule has 1 atom stereocenters. The fourth-order valence-corrected chi connectivity index (χ4v) is 3.52. The van der Waals surface area contributed by atoms with Gasteiger partial charge in [0.05, 0.1) is 35.0 Å². The maximum Gasteiger partial charge on any atom is 0.179 e. The molecule has 0 aliphatic carbocycles. The molecule has 1 unspecified atom stereocenters. The maximum atomic E-state index is 12.3. The van der Waals surface area contributed by atoms with Gasteiger partial charge in [-0.2, -0.15) is 5.26 Å². The molecule has 0 bridgehead atoms. The highest BCUT2D eigenvalue weighted by Crippen LogP contribution is 2.13. The summed E-state index contributed by atoms with van der Waals surface area (Å²) >= 11 is 0. The SMILES string of the molecule is N#Cc1ccc(S(=O)(=O)CCN2CCOC(CN)C2)cc1. The van der Waals surface area contributed by atoms with Gasteiger partial charge < -0.3 is 10.5 Å². The highest BCUT2D eigenvalue weighted by molar-refractivity contribution is 7.91. The van der Waals surface area contributed by atoms with E-state index in [1.807, 2.05) is 6.07 Å². The normalized spacial score (nSPS) is 20.1. The molecule has 1 aliphatic heterocycles. The number of nitriles is 1. The van der Waals surface area contributed by atoms with Crippen LogP contribution in [0.4, 0.5) is 0 Å². The molecule has 0 amide bonds. The number of hydrogen-bond acceptors (Lipinski definition) is 6. The van der Waals surface area contributed by atoms with E-state index in [1.165, 1.54) is 24.3 Å². The second kappa shape index (κ2) is 7.00. The highest BCUT2D eigenvalue weighted by atomic mass is 32.2. The summed E-state index contributed by atoms with van der Waals surface area (Å²) in [6.45, 7) is 2.87. The topological polar surface area (TPSA) is 96.4 Å². The molecule has 1 aromatic rings. The minimum atomic E-state index is -3.33. The van der Waals surface area contributed by atoms with E-state index in [0.717, 1.165) is 6.54 Å². The minimum absolute atomic E-state index is 0.0173. The van der Waals surface area contributed by atoms with E-state index in [9.17, 15) is 8.42 Å². The molecule has 1 aliphatic rings. The lowest BCUT2D eigenvalue weighted by molar-refractivity contribution is -0.0209. The van der Waals surface area contributed by atoms with Gasteiger partial charge in [-0.05, 0) is 24.3 Å². The van der Waals surface area contributed by atoms with Crippen molar-refractivity contribution in [2.45, 2.75) is 11.0 Å². The fraction of sp³-hybridized carbons (Fsp3) is 0.500. The predicted octanol–water partition coefficient (Wildman–Crippen LogP) is -0.00852. The molecule has 2 rings (SSSR count). The first-order valence-electron chi connectivity index (χ1n) is 6.82. The molecule has 7 heteroatoms. The van der Waals surface area contributed by atoms with Crippen molar-refractivity contribution in [2.75, 3.05) is 38.5 Å². The van der Waals surface area contributed by atoms with Crippen LogP contribution in [0.25, 0.3) is 0 Å². The first kappa shape index (κ1) is 15.9. The van der Waals surface area contributed by atoms with Crippen molar-refractivity contribution < 1.29 is 13.2 Å². The second-order valence-electron chi connectivity index (χ2n) is 4.98. The van der Waals surface area contributed by atoms with E-state index in [1.54, 1.807) is 0 Å². The second-order valence-corrected chi connectivity index (χ2v) is 7.09. The summed E-state index contributed by atoms with van der Waals surface area (Å²) in [5, 5.41) is 8.72. The lowest BCUT2D eigenvalue weighted by Gasteiger charge is -2.32. The number of ether oxygens (including phenoxy) is 1. The predicted molar refractivity (Wildman–Crippen MR) is 78.4 cm³/mol. The zero-order chi connectivity index (χ0) is 15.3. The smallest absolute Gasteiger partial charge is 0.179 e. The van der Waals surface area contributed by atoms with Crippen LogP contribution in [0, 0.1) is 11.3 Å². The van der Waals surface area contributed by atoms with Crippen LogP contribution in [0.15, 0.2) is 29.2 Å². The highest BCUT2D eigenvalue weighted by Gasteiger charge is 2.22. The van der Waals surface area contributed by atoms with E-state index in [4.69, 9.17) is 15.7 Å². The zero-order valence-corrected chi connectivity index (χ0v) is 12.6. The zero-order valence-electron chi connectivity index (χ0n) is 11.7. The van der Waals surface area contributed by atoms with Gasteiger partial charge in [0.2, 0.25) is 0 Å². The Morgan fingerprint density at radius 3 is 2.71 bits per heavy atom. The lowest BCUT2D eigenvalue weighted by Crippen LogP contribution is -2.46. The molecule has 0 aromatic heterocycles. The molecule has 6 nitrogen and oxygen atoms in total. The Labute approximate surface area is 125 Å². The molecule has 0 spiro atoms. The van der Waals surface area contributed by atoms with Crippen molar-refractivity contribution in [3.8, 4) is 6.07 Å². The first-order chi connectivity index (χ1) is 10.0. The molecule has 1 saturated heterocycles. The Bertz CT molecular complexity index is 607. The summed E-state index contributed by atoms with van der Waals surface area (Å²) in [4.78, 5) is 2.31. The Morgan fingerprint density at radius 2 is 2.10 bits per heavy atom. The van der Waals surface area contributed by atoms with Crippen LogP contribution in [-0.4, -0.2) is 58.0 Å². The molecule has 2 N–H and O–H groups in total. The van der Waals surface area contributed by atoms with Crippen molar-refractivity contribution in [1.29, 1.82) is 5.26 Å². The average Bonchev–Trinajstić information content (AvgIpc) is 2.53. The number of rotatable bonds is 5. The van der Waals surface area contributed by atoms with Crippen LogP contribution in [0.3, 0.4) is 0 Å². The molecule has 21 heavy (non-hydrogen) atoms. The molecule has 1 heterocycles. The third-order valence-corrected chi connectivity index (χ3v) is 5.22. The van der Waals surface area contributed by atoms with Crippen molar-refractivity contribution in [3.05, 3.63) is 29.8 Å². The van der Waals surface area contributed by atoms with Crippen LogP contribution in [0.5, 0.6) is 0 Å². The van der Waals surface area contributed by atoms with Gasteiger partial charge in [0, 0.05) is 26.2 Å². The number of nitrogens with zero attached hydrogens (tertiary/aromatic N) is 2. The summed E-state index contributed by atoms with van der Waals surface area (Å²) in [6.07, 6.45) is -0.0173. The summed E-state index contributed by atoms with van der Waals surface area (Å²) in [7, 11) is -3.33. The Hall–Kier alpha value is -1.46. The monoisotopic (exact) mass is 309 g/mol. The first-order valence-corrected chi connectivity index (χ1v) is 8.47. The van der Waals surface area contributed by atoms with Gasteiger partial charge in [0.15, 0.2) is 9.84 Å². The Kier molecular flexibility index (Phi) is 5.31. The number of hydrogen-bond donors (Lipinski definition) is 1. The van der Waals surface area contributed by atoms with Crippen LogP contribution >= 0.6 is 0 Å². The van der Waals surface area contributed by atoms with Gasteiger partial charge in [-0.15, -0.1) is 0 Å². The molecule has 114 valence electrons. The number of benzene rings is 1. The number of sulfone groups is 1. The Morgan fingerprint density at radius 1 is 1.38 bits per heavy atom. The maximum absolute atomic E-state index is 12.3. The molecular formula is C14H19N3O3S. The summed E-state index contributed by atoms with van der Waals surface area (Å²) in [5.74, 6) is 0.0518. The van der Waals surface area contributed by atoms with Crippen molar-refractivity contribution in [2.24, 2.45) is 5.73 Å². The van der Waals surface area contributed by atoms with E-state index in [0.29, 0.717) is 31.8 Å². The third-order valence-electron chi connectivity index (χ3n) is 3.50. The van der Waals surface area contributed by atoms with Gasteiger partial charge >= 0.3 is 0 Å². The van der Waals surface area contributed by atoms with Gasteiger partial charge in [-0.1, -0.05) is 0 Å². The summed E-state index contributed by atoms with van der Waals surface area (Å²) in [5.41, 5.74) is 6.02. The Balaban J connectivity index is 1.96. The number of morpholine rings is 1. The van der Waals surface area contributed by atoms with Gasteiger partial charge in [-0.3, -0.25) is 4.90 Å². The fourth-order valence-electron chi connectivity index (χ4n) is 2.23. The van der Waals surface area contributed by atoms with E-state index in [-0.39, 0.29) is 16.8 Å². The molecule has 0 radical (unpaired) electrons. The standard InChI is InChI=1S/C14H19N3O3S/c15-9-12-1-3-14(4-2-12)21(18,19)8-6-17-5-7-20-13(10-16)11-17/h1-4,13H,5-8,10-11,16H2. The van der Waals surface area contributed by atoms with Gasteiger partial charge in [-0.25, -0.2) is 8.42 Å². The van der Waals surface area contributed by atoms with Crippen molar-refractivity contribution in [1.82, 2.24) is 4.90 Å². The quantitative estimate of drug-likeness (QED) is 0.822. The van der Waals surface area contributed by atoms with Crippen LogP contribution < -0.4 is 5.73 Å². The van der Waals surface area contributed by atoms with E-state index >= 15 is 0 Å². The van der Waals surface area contributed by atoms with E-state index in [2.05, 4.69) is 4.90 Å². The molecule has 1 fully saturated rings. The van der Waals surface area contributed by atoms with Crippen molar-refractivity contribution in [3.63, 3.8) is 0 Å². The van der Waals surface area contributed by atoms with Crippen LogP contribution in [0.2, 0.25) is 0 Å². The van der Waals surface area contributed by atoms with Gasteiger partial charge in [0.25, 0.3) is 0 Å². The van der Waals surface area contributed by atoms with Crippen LogP contribution in [-0.2, 0) is 14.6 Å². The summed E-state index contributed by atoms with van der Waals surface area (Å²) in [6, 6.07) is 7.98. The van der Waals surface area contributed by atoms with E-state index < -0.39 is 9.84 Å². The van der Waals surface area contributed by atoms with Crippen molar-refractivity contribution >= 4 is 9.84 Å². The number of nitrogens with two attached hydrogens (primary N) is 1. The van der Waals surface area contributed by atoms with Crippen LogP contribution in [0.1, 0.15) is 5.56 Å². The average molecular weight is 309 g/mol. The molecular weight excluding hydrogens is 290 g/mol. The third kappa shape index (κ3) is 4.25. The molecule has 1 aromatic carbocycles. The molecule has 0 saturated carbocycles.